The molecule has 1 aliphatic heterocycles. The van der Waals surface area contributed by atoms with Crippen LogP contribution in [0, 0.1) is 0 Å². The highest BCUT2D eigenvalue weighted by molar-refractivity contribution is 6.18. The minimum Gasteiger partial charge on any atom is -0.353 e. The number of anilines is 1. The maximum atomic E-state index is 11.9. The van der Waals surface area contributed by atoms with Crippen molar-refractivity contribution in [3.63, 3.8) is 0 Å². The molecule has 2 aromatic rings. The normalized spacial score (nSPS) is 17.8. The van der Waals surface area contributed by atoms with E-state index in [9.17, 15) is 4.79 Å². The first-order valence-corrected chi connectivity index (χ1v) is 9.17. The van der Waals surface area contributed by atoms with Crippen molar-refractivity contribution in [2.24, 2.45) is 0 Å². The average Bonchev–Trinajstić information content (AvgIpc) is 3.39. The summed E-state index contributed by atoms with van der Waals surface area (Å²) in [5, 5.41) is 4.04. The van der Waals surface area contributed by atoms with E-state index in [-0.39, 0.29) is 5.91 Å². The quantitative estimate of drug-likeness (QED) is 0.760. The maximum absolute atomic E-state index is 11.9. The topological polar surface area (TPSA) is 75.4 Å². The van der Waals surface area contributed by atoms with Crippen LogP contribution in [0.3, 0.4) is 0 Å². The van der Waals surface area contributed by atoms with Crippen molar-refractivity contribution in [3.05, 3.63) is 24.2 Å². The van der Waals surface area contributed by atoms with E-state index in [1.54, 1.807) is 6.20 Å². The molecular weight excluding hydrogens is 342 g/mol. The fraction of sp³-hybridized carbons (Fsp3) is 0.529. The van der Waals surface area contributed by atoms with Crippen LogP contribution in [0.15, 0.2) is 22.9 Å². The second-order valence-electron chi connectivity index (χ2n) is 6.44. The lowest BCUT2D eigenvalue weighted by atomic mass is 10.2. The number of amides is 1. The maximum Gasteiger partial charge on any atom is 0.230 e. The predicted octanol–water partition coefficient (Wildman–Crippen LogP) is 2.29. The fourth-order valence-corrected chi connectivity index (χ4v) is 3.14. The molecule has 0 atom stereocenters. The van der Waals surface area contributed by atoms with Gasteiger partial charge in [0.15, 0.2) is 0 Å². The van der Waals surface area contributed by atoms with Gasteiger partial charge in [-0.3, -0.25) is 4.79 Å². The molecule has 132 valence electrons. The molecule has 3 heterocycles. The number of pyridine rings is 1. The van der Waals surface area contributed by atoms with Gasteiger partial charge in [0.1, 0.15) is 5.82 Å². The third kappa shape index (κ3) is 3.61. The van der Waals surface area contributed by atoms with Crippen molar-refractivity contribution in [1.29, 1.82) is 0 Å². The molecule has 4 rings (SSSR count). The van der Waals surface area contributed by atoms with Gasteiger partial charge < -0.3 is 14.3 Å². The highest BCUT2D eigenvalue weighted by Crippen LogP contribution is 2.39. The Labute approximate surface area is 151 Å². The number of halogens is 1. The van der Waals surface area contributed by atoms with E-state index in [1.165, 1.54) is 0 Å². The van der Waals surface area contributed by atoms with Gasteiger partial charge in [-0.1, -0.05) is 5.16 Å². The Balaban J connectivity index is 1.38. The lowest BCUT2D eigenvalue weighted by Gasteiger charge is -2.35. The van der Waals surface area contributed by atoms with E-state index in [1.807, 2.05) is 17.0 Å². The molecule has 0 aromatic carbocycles. The minimum atomic E-state index is 0.126. The van der Waals surface area contributed by atoms with Crippen LogP contribution >= 0.6 is 11.6 Å². The lowest BCUT2D eigenvalue weighted by molar-refractivity contribution is -0.131. The van der Waals surface area contributed by atoms with Gasteiger partial charge in [0, 0.05) is 56.2 Å². The molecule has 0 spiro atoms. The molecule has 2 aromatic heterocycles. The van der Waals surface area contributed by atoms with Crippen molar-refractivity contribution in [3.8, 4) is 11.4 Å². The van der Waals surface area contributed by atoms with Gasteiger partial charge in [-0.2, -0.15) is 4.98 Å². The lowest BCUT2D eigenvalue weighted by Crippen LogP contribution is -2.49. The summed E-state index contributed by atoms with van der Waals surface area (Å²) in [5.74, 6) is 3.18. The van der Waals surface area contributed by atoms with Gasteiger partial charge in [0.05, 0.1) is 0 Å². The number of aromatic nitrogens is 3. The molecule has 7 nitrogen and oxygen atoms in total. The van der Waals surface area contributed by atoms with Crippen LogP contribution in [0.5, 0.6) is 0 Å². The minimum absolute atomic E-state index is 0.126. The summed E-state index contributed by atoms with van der Waals surface area (Å²) < 4.78 is 5.30. The summed E-state index contributed by atoms with van der Waals surface area (Å²) in [7, 11) is 0. The van der Waals surface area contributed by atoms with E-state index in [2.05, 4.69) is 20.0 Å². The molecule has 2 fully saturated rings. The molecule has 1 aliphatic carbocycles. The Morgan fingerprint density at radius 3 is 2.68 bits per heavy atom. The molecule has 1 saturated heterocycles. The van der Waals surface area contributed by atoms with E-state index >= 15 is 0 Å². The summed E-state index contributed by atoms with van der Waals surface area (Å²) in [4.78, 5) is 24.9. The van der Waals surface area contributed by atoms with Crippen LogP contribution in [0.1, 0.15) is 31.1 Å². The van der Waals surface area contributed by atoms with Crippen LogP contribution < -0.4 is 4.90 Å². The Hall–Kier alpha value is -2.15. The van der Waals surface area contributed by atoms with Crippen molar-refractivity contribution in [2.75, 3.05) is 37.0 Å². The number of alkyl halides is 1. The zero-order valence-electron chi connectivity index (χ0n) is 13.9. The first-order chi connectivity index (χ1) is 12.2. The van der Waals surface area contributed by atoms with Gasteiger partial charge in [0.2, 0.25) is 17.6 Å². The summed E-state index contributed by atoms with van der Waals surface area (Å²) in [6.07, 6.45) is 4.46. The standard InChI is InChI=1S/C17H20ClN5O2/c18-6-5-15(24)23-9-7-22(8-10-23)14-4-3-13(11-19-14)16-20-17(25-21-16)12-1-2-12/h3-4,11-12H,1-2,5-10H2. The fourth-order valence-electron chi connectivity index (χ4n) is 2.98. The zero-order chi connectivity index (χ0) is 17.2. The van der Waals surface area contributed by atoms with Crippen molar-refractivity contribution < 1.29 is 9.32 Å². The monoisotopic (exact) mass is 361 g/mol. The summed E-state index contributed by atoms with van der Waals surface area (Å²) in [6, 6.07) is 3.94. The first-order valence-electron chi connectivity index (χ1n) is 8.63. The molecule has 0 bridgehead atoms. The Morgan fingerprint density at radius 2 is 2.04 bits per heavy atom. The third-order valence-corrected chi connectivity index (χ3v) is 4.83. The zero-order valence-corrected chi connectivity index (χ0v) is 14.7. The van der Waals surface area contributed by atoms with Crippen LogP contribution in [-0.2, 0) is 4.79 Å². The summed E-state index contributed by atoms with van der Waals surface area (Å²) >= 11 is 5.64. The molecule has 0 radical (unpaired) electrons. The SMILES string of the molecule is O=C(CCCl)N1CCN(c2ccc(-c3noc(C4CC4)n3)cn2)CC1. The highest BCUT2D eigenvalue weighted by Gasteiger charge is 2.30. The van der Waals surface area contributed by atoms with Gasteiger partial charge >= 0.3 is 0 Å². The molecule has 8 heteroatoms. The Bertz CT molecular complexity index is 736. The second kappa shape index (κ2) is 7.00. The predicted molar refractivity (Wildman–Crippen MR) is 93.6 cm³/mol. The Morgan fingerprint density at radius 1 is 1.24 bits per heavy atom. The molecule has 0 N–H and O–H groups in total. The van der Waals surface area contributed by atoms with Crippen LogP contribution in [0.2, 0.25) is 0 Å². The molecular formula is C17H20ClN5O2. The second-order valence-corrected chi connectivity index (χ2v) is 6.82. The number of rotatable bonds is 5. The number of hydrogen-bond acceptors (Lipinski definition) is 6. The van der Waals surface area contributed by atoms with E-state index < -0.39 is 0 Å². The molecule has 1 saturated carbocycles. The van der Waals surface area contributed by atoms with Crippen molar-refractivity contribution in [1.82, 2.24) is 20.0 Å². The van der Waals surface area contributed by atoms with E-state index in [0.29, 0.717) is 37.1 Å². The molecule has 1 amide bonds. The van der Waals surface area contributed by atoms with Crippen LogP contribution in [-0.4, -0.2) is 58.0 Å². The van der Waals surface area contributed by atoms with Gasteiger partial charge in [-0.15, -0.1) is 11.6 Å². The van der Waals surface area contributed by atoms with Gasteiger partial charge in [-0.25, -0.2) is 4.98 Å². The van der Waals surface area contributed by atoms with Gasteiger partial charge in [-0.05, 0) is 25.0 Å². The summed E-state index contributed by atoms with van der Waals surface area (Å²) in [5.41, 5.74) is 0.857. The number of hydrogen-bond donors (Lipinski definition) is 0. The smallest absolute Gasteiger partial charge is 0.230 e. The number of nitrogens with zero attached hydrogens (tertiary/aromatic N) is 5. The van der Waals surface area contributed by atoms with Crippen molar-refractivity contribution >= 4 is 23.3 Å². The van der Waals surface area contributed by atoms with Crippen LogP contribution in [0.4, 0.5) is 5.82 Å². The largest absolute Gasteiger partial charge is 0.353 e. The van der Waals surface area contributed by atoms with Gasteiger partial charge in [0.25, 0.3) is 0 Å². The third-order valence-electron chi connectivity index (χ3n) is 4.64. The van der Waals surface area contributed by atoms with E-state index in [0.717, 1.165) is 43.2 Å². The number of carbonyl (C=O) groups excluding carboxylic acids is 1. The molecule has 2 aliphatic rings. The van der Waals surface area contributed by atoms with Crippen molar-refractivity contribution in [2.45, 2.75) is 25.2 Å². The van der Waals surface area contributed by atoms with Crippen LogP contribution in [0.25, 0.3) is 11.4 Å². The summed E-state index contributed by atoms with van der Waals surface area (Å²) in [6.45, 7) is 2.95. The average molecular weight is 362 g/mol. The highest BCUT2D eigenvalue weighted by atomic mass is 35.5. The molecule has 0 unspecified atom stereocenters. The number of piperazine rings is 1. The molecule has 25 heavy (non-hydrogen) atoms. The first kappa shape index (κ1) is 16.3. The van der Waals surface area contributed by atoms with E-state index in [4.69, 9.17) is 16.1 Å². The Kier molecular flexibility index (Phi) is 4.57. The number of carbonyl (C=O) groups is 1.